The summed E-state index contributed by atoms with van der Waals surface area (Å²) in [6, 6.07) is 14.7. The van der Waals surface area contributed by atoms with Crippen LogP contribution in [0.15, 0.2) is 42.5 Å². The van der Waals surface area contributed by atoms with Crippen LogP contribution in [0.2, 0.25) is 0 Å². The fraction of sp³-hybridized carbons (Fsp3) is 0.278. The number of unbranched alkanes of at least 4 members (excludes halogenated alkanes) is 1. The second-order valence-corrected chi connectivity index (χ2v) is 5.76. The zero-order chi connectivity index (χ0) is 15.2. The van der Waals surface area contributed by atoms with Crippen molar-refractivity contribution in [2.24, 2.45) is 5.73 Å². The van der Waals surface area contributed by atoms with E-state index in [9.17, 15) is 0 Å². The number of benzene rings is 2. The van der Waals surface area contributed by atoms with Gasteiger partial charge in [-0.3, -0.25) is 0 Å². The maximum atomic E-state index is 5.68. The third-order valence-electron chi connectivity index (χ3n) is 3.55. The Labute approximate surface area is 132 Å². The van der Waals surface area contributed by atoms with E-state index in [1.54, 1.807) is 0 Å². The first-order valence-corrected chi connectivity index (χ1v) is 7.77. The predicted octanol–water partition coefficient (Wildman–Crippen LogP) is 4.72. The number of anilines is 2. The summed E-state index contributed by atoms with van der Waals surface area (Å²) in [6.07, 6.45) is 3.62. The summed E-state index contributed by atoms with van der Waals surface area (Å²) in [5, 5.41) is 3.41. The second-order valence-electron chi connectivity index (χ2n) is 5.32. The van der Waals surface area contributed by atoms with Crippen LogP contribution in [0.25, 0.3) is 0 Å². The lowest BCUT2D eigenvalue weighted by Crippen LogP contribution is -2.11. The number of thiocarbonyl (C=S) groups is 1. The summed E-state index contributed by atoms with van der Waals surface area (Å²) >= 11 is 5.03. The van der Waals surface area contributed by atoms with Crippen molar-refractivity contribution < 1.29 is 0 Å². The Bertz CT molecular complexity index is 618. The number of hydrogen-bond acceptors (Lipinski definition) is 2. The molecule has 3 heteroatoms. The van der Waals surface area contributed by atoms with Gasteiger partial charge in [0, 0.05) is 16.9 Å². The van der Waals surface area contributed by atoms with Gasteiger partial charge in [-0.2, -0.15) is 0 Å². The van der Waals surface area contributed by atoms with E-state index in [2.05, 4.69) is 42.6 Å². The fourth-order valence-electron chi connectivity index (χ4n) is 2.32. The molecule has 0 atom stereocenters. The van der Waals surface area contributed by atoms with Crippen molar-refractivity contribution in [1.82, 2.24) is 0 Å². The zero-order valence-corrected chi connectivity index (χ0v) is 13.5. The topological polar surface area (TPSA) is 38.0 Å². The molecule has 0 saturated heterocycles. The van der Waals surface area contributed by atoms with Gasteiger partial charge in [0.2, 0.25) is 0 Å². The highest BCUT2D eigenvalue weighted by molar-refractivity contribution is 7.80. The molecule has 2 nitrogen and oxygen atoms in total. The first kappa shape index (κ1) is 15.5. The van der Waals surface area contributed by atoms with Gasteiger partial charge in [-0.25, -0.2) is 0 Å². The van der Waals surface area contributed by atoms with E-state index in [4.69, 9.17) is 18.0 Å². The lowest BCUT2D eigenvalue weighted by molar-refractivity contribution is 0.795. The molecule has 0 amide bonds. The minimum Gasteiger partial charge on any atom is -0.389 e. The second kappa shape index (κ2) is 7.23. The smallest absolute Gasteiger partial charge is 0.104 e. The van der Waals surface area contributed by atoms with Gasteiger partial charge in [0.05, 0.1) is 0 Å². The van der Waals surface area contributed by atoms with E-state index in [1.807, 2.05) is 19.1 Å². The van der Waals surface area contributed by atoms with Crippen molar-refractivity contribution in [2.75, 3.05) is 5.32 Å². The molecule has 0 aromatic heterocycles. The molecule has 0 radical (unpaired) electrons. The minimum atomic E-state index is 0.444. The van der Waals surface area contributed by atoms with Gasteiger partial charge >= 0.3 is 0 Å². The predicted molar refractivity (Wildman–Crippen MR) is 95.4 cm³/mol. The largest absolute Gasteiger partial charge is 0.389 e. The average molecular weight is 298 g/mol. The van der Waals surface area contributed by atoms with Gasteiger partial charge < -0.3 is 11.1 Å². The summed E-state index contributed by atoms with van der Waals surface area (Å²) < 4.78 is 0. The van der Waals surface area contributed by atoms with Gasteiger partial charge in [0.15, 0.2) is 0 Å². The Balaban J connectivity index is 2.07. The Morgan fingerprint density at radius 3 is 2.33 bits per heavy atom. The Kier molecular flexibility index (Phi) is 5.34. The van der Waals surface area contributed by atoms with Crippen molar-refractivity contribution in [3.05, 3.63) is 59.2 Å². The van der Waals surface area contributed by atoms with E-state index in [1.165, 1.54) is 18.4 Å². The van der Waals surface area contributed by atoms with E-state index in [-0.39, 0.29) is 0 Å². The van der Waals surface area contributed by atoms with Crippen LogP contribution in [0.1, 0.15) is 36.5 Å². The molecule has 2 aromatic rings. The van der Waals surface area contributed by atoms with Crippen LogP contribution in [0.4, 0.5) is 11.4 Å². The van der Waals surface area contributed by atoms with Gasteiger partial charge in [-0.15, -0.1) is 0 Å². The first-order chi connectivity index (χ1) is 10.1. The summed E-state index contributed by atoms with van der Waals surface area (Å²) in [5.41, 5.74) is 11.2. The lowest BCUT2D eigenvalue weighted by Gasteiger charge is -2.10. The monoisotopic (exact) mass is 298 g/mol. The van der Waals surface area contributed by atoms with Crippen molar-refractivity contribution in [2.45, 2.75) is 33.1 Å². The highest BCUT2D eigenvalue weighted by atomic mass is 32.1. The van der Waals surface area contributed by atoms with Crippen LogP contribution in [-0.4, -0.2) is 4.99 Å². The van der Waals surface area contributed by atoms with E-state index in [0.29, 0.717) is 4.99 Å². The molecule has 0 aliphatic heterocycles. The minimum absolute atomic E-state index is 0.444. The summed E-state index contributed by atoms with van der Waals surface area (Å²) in [4.78, 5) is 0.444. The number of aryl methyl sites for hydroxylation is 2. The Hall–Kier alpha value is -1.87. The molecule has 3 N–H and O–H groups in total. The number of nitrogens with two attached hydrogens (primary N) is 1. The molecule has 2 rings (SSSR count). The molecule has 0 heterocycles. The first-order valence-electron chi connectivity index (χ1n) is 7.36. The number of rotatable bonds is 6. The van der Waals surface area contributed by atoms with Crippen molar-refractivity contribution in [1.29, 1.82) is 0 Å². The molecule has 0 unspecified atom stereocenters. The van der Waals surface area contributed by atoms with Crippen LogP contribution in [0.3, 0.4) is 0 Å². The van der Waals surface area contributed by atoms with Crippen LogP contribution in [0.5, 0.6) is 0 Å². The number of hydrogen-bond donors (Lipinski definition) is 2. The van der Waals surface area contributed by atoms with Crippen molar-refractivity contribution in [3.63, 3.8) is 0 Å². The molecule has 0 aliphatic carbocycles. The fourth-order valence-corrected chi connectivity index (χ4v) is 2.55. The van der Waals surface area contributed by atoms with Gasteiger partial charge in [0.1, 0.15) is 4.99 Å². The molecule has 0 spiro atoms. The molecular formula is C18H22N2S. The van der Waals surface area contributed by atoms with Crippen molar-refractivity contribution >= 4 is 28.6 Å². The van der Waals surface area contributed by atoms with Crippen molar-refractivity contribution in [3.8, 4) is 0 Å². The maximum Gasteiger partial charge on any atom is 0.104 e. The zero-order valence-electron chi connectivity index (χ0n) is 12.6. The quantitative estimate of drug-likeness (QED) is 0.758. The summed E-state index contributed by atoms with van der Waals surface area (Å²) in [5.74, 6) is 0. The van der Waals surface area contributed by atoms with Gasteiger partial charge in [0.25, 0.3) is 0 Å². The van der Waals surface area contributed by atoms with Crippen LogP contribution in [0, 0.1) is 6.92 Å². The highest BCUT2D eigenvalue weighted by Gasteiger charge is 2.03. The van der Waals surface area contributed by atoms with Crippen LogP contribution in [-0.2, 0) is 6.42 Å². The lowest BCUT2D eigenvalue weighted by atomic mass is 10.1. The average Bonchev–Trinajstić information content (AvgIpc) is 2.46. The SMILES string of the molecule is CCCCc1ccc(Nc2ccc(C(N)=S)c(C)c2)cc1. The number of nitrogens with one attached hydrogen (secondary N) is 1. The molecule has 0 bridgehead atoms. The van der Waals surface area contributed by atoms with E-state index in [0.717, 1.165) is 28.9 Å². The Morgan fingerprint density at radius 2 is 1.76 bits per heavy atom. The standard InChI is InChI=1S/C18H22N2S/c1-3-4-5-14-6-8-15(9-7-14)20-16-10-11-17(18(19)21)13(2)12-16/h6-12,20H,3-5H2,1-2H3,(H2,19,21). The molecule has 0 saturated carbocycles. The Morgan fingerprint density at radius 1 is 1.10 bits per heavy atom. The van der Waals surface area contributed by atoms with E-state index >= 15 is 0 Å². The third-order valence-corrected chi connectivity index (χ3v) is 3.77. The summed E-state index contributed by atoms with van der Waals surface area (Å²) in [7, 11) is 0. The van der Waals surface area contributed by atoms with Crippen LogP contribution >= 0.6 is 12.2 Å². The molecule has 0 aliphatic rings. The van der Waals surface area contributed by atoms with E-state index < -0.39 is 0 Å². The molecule has 2 aromatic carbocycles. The molecular weight excluding hydrogens is 276 g/mol. The summed E-state index contributed by atoms with van der Waals surface area (Å²) in [6.45, 7) is 4.24. The molecule has 0 fully saturated rings. The van der Waals surface area contributed by atoms with Gasteiger partial charge in [-0.1, -0.05) is 37.7 Å². The highest BCUT2D eigenvalue weighted by Crippen LogP contribution is 2.20. The maximum absolute atomic E-state index is 5.68. The molecule has 21 heavy (non-hydrogen) atoms. The van der Waals surface area contributed by atoms with Crippen LogP contribution < -0.4 is 11.1 Å². The normalized spacial score (nSPS) is 10.4. The molecule has 110 valence electrons. The van der Waals surface area contributed by atoms with Gasteiger partial charge in [-0.05, 0) is 61.2 Å². The third kappa shape index (κ3) is 4.30.